The number of benzene rings is 1. The lowest BCUT2D eigenvalue weighted by Crippen LogP contribution is -2.39. The number of fused-ring (bicyclic) bond motifs is 1. The van der Waals surface area contributed by atoms with Crippen LogP contribution in [0.4, 0.5) is 13.2 Å². The summed E-state index contributed by atoms with van der Waals surface area (Å²) in [6.45, 7) is -0.692. The van der Waals surface area contributed by atoms with Crippen LogP contribution in [0.15, 0.2) is 18.2 Å². The molecule has 0 spiro atoms. The van der Waals surface area contributed by atoms with Gasteiger partial charge in [0.05, 0.1) is 6.10 Å². The molecule has 0 radical (unpaired) electrons. The van der Waals surface area contributed by atoms with E-state index < -0.39 is 24.9 Å². The molecule has 1 heterocycles. The maximum atomic E-state index is 12.1. The van der Waals surface area contributed by atoms with E-state index in [4.69, 9.17) is 14.6 Å². The van der Waals surface area contributed by atoms with Crippen LogP contribution in [0, 0.1) is 0 Å². The molecule has 1 aliphatic heterocycles. The summed E-state index contributed by atoms with van der Waals surface area (Å²) in [6, 6.07) is 4.78. The quantitative estimate of drug-likeness (QED) is 0.754. The predicted molar refractivity (Wildman–Crippen MR) is 62.5 cm³/mol. The highest BCUT2D eigenvalue weighted by atomic mass is 19.4. The van der Waals surface area contributed by atoms with Gasteiger partial charge in [0.1, 0.15) is 0 Å². The third-order valence-electron chi connectivity index (χ3n) is 2.83. The summed E-state index contributed by atoms with van der Waals surface area (Å²) >= 11 is 0. The normalized spacial score (nSPS) is 17.1. The molecule has 2 rings (SSSR count). The first kappa shape index (κ1) is 14.9. The van der Waals surface area contributed by atoms with E-state index in [1.54, 1.807) is 18.2 Å². The summed E-state index contributed by atoms with van der Waals surface area (Å²) in [5, 5.41) is 21.0. The maximum absolute atomic E-state index is 12.1. The zero-order valence-electron chi connectivity index (χ0n) is 10.4. The highest BCUT2D eigenvalue weighted by Crippen LogP contribution is 2.34. The molecule has 2 atom stereocenters. The van der Waals surface area contributed by atoms with E-state index in [1.165, 1.54) is 0 Å². The topological polar surface area (TPSA) is 71.0 Å². The molecule has 0 amide bonds. The number of nitrogens with one attached hydrogen (secondary N) is 1. The van der Waals surface area contributed by atoms with Crippen molar-refractivity contribution in [3.05, 3.63) is 23.8 Å². The second-order valence-electron chi connectivity index (χ2n) is 4.34. The van der Waals surface area contributed by atoms with Crippen molar-refractivity contribution in [1.82, 2.24) is 5.32 Å². The van der Waals surface area contributed by atoms with Gasteiger partial charge in [0.15, 0.2) is 17.6 Å². The van der Waals surface area contributed by atoms with Crippen LogP contribution in [-0.4, -0.2) is 42.4 Å². The van der Waals surface area contributed by atoms with Crippen molar-refractivity contribution in [2.45, 2.75) is 18.4 Å². The minimum atomic E-state index is -4.67. The van der Waals surface area contributed by atoms with Crippen LogP contribution in [0.2, 0.25) is 0 Å². The minimum absolute atomic E-state index is 0.102. The fourth-order valence-electron chi connectivity index (χ4n) is 1.71. The number of hydrogen-bond donors (Lipinski definition) is 3. The number of halogens is 3. The smallest absolute Gasteiger partial charge is 0.415 e. The van der Waals surface area contributed by atoms with Gasteiger partial charge in [-0.1, -0.05) is 6.07 Å². The molecule has 1 aliphatic rings. The van der Waals surface area contributed by atoms with E-state index in [9.17, 15) is 18.3 Å². The molecule has 1 aromatic rings. The van der Waals surface area contributed by atoms with Gasteiger partial charge in [-0.25, -0.2) is 0 Å². The van der Waals surface area contributed by atoms with Crippen molar-refractivity contribution in [3.8, 4) is 11.5 Å². The third kappa shape index (κ3) is 3.53. The van der Waals surface area contributed by atoms with Crippen LogP contribution in [0.1, 0.15) is 11.7 Å². The van der Waals surface area contributed by atoms with Gasteiger partial charge in [-0.15, -0.1) is 0 Å². The summed E-state index contributed by atoms with van der Waals surface area (Å²) < 4.78 is 46.4. The van der Waals surface area contributed by atoms with Crippen molar-refractivity contribution >= 4 is 0 Å². The monoisotopic (exact) mass is 293 g/mol. The Labute approximate surface area is 112 Å². The third-order valence-corrected chi connectivity index (χ3v) is 2.83. The van der Waals surface area contributed by atoms with Gasteiger partial charge in [0, 0.05) is 13.1 Å². The van der Waals surface area contributed by atoms with Crippen molar-refractivity contribution in [2.75, 3.05) is 19.9 Å². The highest BCUT2D eigenvalue weighted by Gasteiger charge is 2.37. The Hall–Kier alpha value is -1.51. The minimum Gasteiger partial charge on any atom is -0.454 e. The number of alkyl halides is 3. The van der Waals surface area contributed by atoms with Crippen molar-refractivity contribution in [3.63, 3.8) is 0 Å². The Morgan fingerprint density at radius 1 is 1.15 bits per heavy atom. The van der Waals surface area contributed by atoms with Gasteiger partial charge in [-0.3, -0.25) is 0 Å². The number of ether oxygens (including phenoxy) is 2. The van der Waals surface area contributed by atoms with Crippen molar-refractivity contribution in [1.29, 1.82) is 0 Å². The lowest BCUT2D eigenvalue weighted by molar-refractivity contribution is -0.202. The summed E-state index contributed by atoms with van der Waals surface area (Å²) in [5.41, 5.74) is 0.489. The summed E-state index contributed by atoms with van der Waals surface area (Å²) in [7, 11) is 0. The van der Waals surface area contributed by atoms with E-state index in [0.717, 1.165) is 0 Å². The van der Waals surface area contributed by atoms with Crippen molar-refractivity contribution in [2.24, 2.45) is 0 Å². The first-order valence-electron chi connectivity index (χ1n) is 5.91. The molecule has 3 N–H and O–H groups in total. The fourth-order valence-corrected chi connectivity index (χ4v) is 1.71. The van der Waals surface area contributed by atoms with Gasteiger partial charge in [-0.05, 0) is 17.7 Å². The molecule has 0 fully saturated rings. The van der Waals surface area contributed by atoms with Crippen LogP contribution in [-0.2, 0) is 0 Å². The molecule has 0 aliphatic carbocycles. The zero-order chi connectivity index (χ0) is 14.8. The van der Waals surface area contributed by atoms with Crippen LogP contribution in [0.3, 0.4) is 0 Å². The van der Waals surface area contributed by atoms with Gasteiger partial charge < -0.3 is 25.0 Å². The van der Waals surface area contributed by atoms with E-state index in [0.29, 0.717) is 17.1 Å². The van der Waals surface area contributed by atoms with Crippen molar-refractivity contribution < 1.29 is 32.9 Å². The van der Waals surface area contributed by atoms with E-state index in [1.807, 2.05) is 0 Å². The van der Waals surface area contributed by atoms with Gasteiger partial charge in [0.25, 0.3) is 0 Å². The molecule has 0 bridgehead atoms. The van der Waals surface area contributed by atoms with Crippen LogP contribution >= 0.6 is 0 Å². The molecule has 5 nitrogen and oxygen atoms in total. The molecular formula is C12H14F3NO4. The summed E-state index contributed by atoms with van der Waals surface area (Å²) in [5.74, 6) is 1.04. The SMILES string of the molecule is OC(CNCC(O)C(F)(F)F)c1ccc2c(c1)OCO2. The summed E-state index contributed by atoms with van der Waals surface area (Å²) in [4.78, 5) is 0. The molecule has 8 heteroatoms. The van der Waals surface area contributed by atoms with Gasteiger partial charge >= 0.3 is 6.18 Å². The Kier molecular flexibility index (Phi) is 4.36. The molecular weight excluding hydrogens is 279 g/mol. The average molecular weight is 293 g/mol. The second kappa shape index (κ2) is 5.86. The number of hydrogen-bond acceptors (Lipinski definition) is 5. The Balaban J connectivity index is 1.85. The Bertz CT molecular complexity index is 467. The first-order valence-corrected chi connectivity index (χ1v) is 5.91. The van der Waals surface area contributed by atoms with Crippen LogP contribution < -0.4 is 14.8 Å². The largest absolute Gasteiger partial charge is 0.454 e. The number of aliphatic hydroxyl groups excluding tert-OH is 2. The molecule has 0 aromatic heterocycles. The van der Waals surface area contributed by atoms with Gasteiger partial charge in [0.2, 0.25) is 6.79 Å². The molecule has 20 heavy (non-hydrogen) atoms. The lowest BCUT2D eigenvalue weighted by Gasteiger charge is -2.17. The predicted octanol–water partition coefficient (Wildman–Crippen LogP) is 0.961. The molecule has 2 unspecified atom stereocenters. The Morgan fingerprint density at radius 3 is 2.55 bits per heavy atom. The fraction of sp³-hybridized carbons (Fsp3) is 0.500. The number of rotatable bonds is 5. The lowest BCUT2D eigenvalue weighted by atomic mass is 10.1. The molecule has 0 saturated carbocycles. The second-order valence-corrected chi connectivity index (χ2v) is 4.34. The van der Waals surface area contributed by atoms with Crippen LogP contribution in [0.25, 0.3) is 0 Å². The van der Waals surface area contributed by atoms with E-state index in [2.05, 4.69) is 5.32 Å². The zero-order valence-corrected chi connectivity index (χ0v) is 10.4. The average Bonchev–Trinajstić information content (AvgIpc) is 2.84. The molecule has 0 saturated heterocycles. The van der Waals surface area contributed by atoms with Crippen LogP contribution in [0.5, 0.6) is 11.5 Å². The maximum Gasteiger partial charge on any atom is 0.415 e. The number of aliphatic hydroxyl groups is 2. The summed E-state index contributed by atoms with van der Waals surface area (Å²) in [6.07, 6.45) is -8.13. The molecule has 112 valence electrons. The molecule has 1 aromatic carbocycles. The Morgan fingerprint density at radius 2 is 1.85 bits per heavy atom. The first-order chi connectivity index (χ1) is 9.38. The van der Waals surface area contributed by atoms with E-state index in [-0.39, 0.29) is 13.3 Å². The highest BCUT2D eigenvalue weighted by molar-refractivity contribution is 5.45. The van der Waals surface area contributed by atoms with E-state index >= 15 is 0 Å². The van der Waals surface area contributed by atoms with Gasteiger partial charge in [-0.2, -0.15) is 13.2 Å². The standard InChI is InChI=1S/C12H14F3NO4/c13-12(14,15)11(18)5-16-4-8(17)7-1-2-9-10(3-7)20-6-19-9/h1-3,8,11,16-18H,4-6H2.